The molecule has 3 heterocycles. The molecule has 0 spiro atoms. The highest BCUT2D eigenvalue weighted by molar-refractivity contribution is 6.02. The van der Waals surface area contributed by atoms with Gasteiger partial charge in [-0.15, -0.1) is 0 Å². The number of carbonyl (C=O) groups excluding carboxylic acids is 2. The highest BCUT2D eigenvalue weighted by Crippen LogP contribution is 2.33. The Kier molecular flexibility index (Phi) is 4.95. The van der Waals surface area contributed by atoms with Crippen LogP contribution in [0.3, 0.4) is 0 Å². The number of nitrogens with one attached hydrogen (secondary N) is 1. The first-order valence-corrected chi connectivity index (χ1v) is 10.1. The van der Waals surface area contributed by atoms with Crippen molar-refractivity contribution in [1.29, 1.82) is 0 Å². The molecule has 1 fully saturated rings. The first-order valence-electron chi connectivity index (χ1n) is 10.1. The van der Waals surface area contributed by atoms with Gasteiger partial charge in [0.2, 0.25) is 5.91 Å². The fraction of sp³-hybridized carbons (Fsp3) is 0.619. The van der Waals surface area contributed by atoms with Gasteiger partial charge in [0.1, 0.15) is 11.2 Å². The molecule has 2 aromatic rings. The van der Waals surface area contributed by atoms with Crippen LogP contribution in [-0.4, -0.2) is 53.1 Å². The summed E-state index contributed by atoms with van der Waals surface area (Å²) in [4.78, 5) is 28.3. The van der Waals surface area contributed by atoms with Gasteiger partial charge in [-0.05, 0) is 38.5 Å². The molecule has 2 aliphatic rings. The van der Waals surface area contributed by atoms with Gasteiger partial charge < -0.3 is 23.9 Å². The minimum absolute atomic E-state index is 0.0903. The molecule has 0 unspecified atom stereocenters. The summed E-state index contributed by atoms with van der Waals surface area (Å²) < 4.78 is 12.6. The molecule has 0 aromatic carbocycles. The number of ether oxygens (including phenoxy) is 1. The van der Waals surface area contributed by atoms with Crippen LogP contribution in [0.25, 0.3) is 11.1 Å². The fourth-order valence-corrected chi connectivity index (χ4v) is 4.55. The molecule has 7 nitrogen and oxygen atoms in total. The summed E-state index contributed by atoms with van der Waals surface area (Å²) >= 11 is 0. The number of hydrogen-bond donors (Lipinski definition) is 1. The molecular formula is C21H29N3O4. The van der Waals surface area contributed by atoms with E-state index < -0.39 is 5.54 Å². The minimum Gasteiger partial charge on any atom is -0.463 e. The van der Waals surface area contributed by atoms with Crippen molar-refractivity contribution in [3.8, 4) is 0 Å². The Bertz CT molecular complexity index is 877. The molecule has 7 heteroatoms. The van der Waals surface area contributed by atoms with Gasteiger partial charge in [-0.25, -0.2) is 0 Å². The Hall–Kier alpha value is -2.28. The number of fused-ring (bicyclic) bond motifs is 3. The van der Waals surface area contributed by atoms with Gasteiger partial charge in [0.25, 0.3) is 5.91 Å². The van der Waals surface area contributed by atoms with Crippen LogP contribution in [0.2, 0.25) is 0 Å². The van der Waals surface area contributed by atoms with Crippen LogP contribution in [0.4, 0.5) is 0 Å². The first kappa shape index (κ1) is 19.1. The van der Waals surface area contributed by atoms with Crippen molar-refractivity contribution in [2.24, 2.45) is 5.92 Å². The van der Waals surface area contributed by atoms with E-state index >= 15 is 0 Å². The third-order valence-corrected chi connectivity index (χ3v) is 6.41. The molecular weight excluding hydrogens is 358 g/mol. The molecule has 1 atom stereocenters. The zero-order chi connectivity index (χ0) is 19.9. The standard InChI is InChI=1S/C21H29N3O4/c1-14-4-6-15(7-5-14)22-20(26)21(2)13-23-16-8-10-28-18(16)12-17(23)19(25)24(21)9-11-27-3/h8,10,12,14-15H,4-7,9,11,13H2,1-3H3,(H,22,26)/t14?,15?,21-/m1/s1. The van der Waals surface area contributed by atoms with Gasteiger partial charge in [-0.2, -0.15) is 0 Å². The lowest BCUT2D eigenvalue weighted by Crippen LogP contribution is -2.65. The molecule has 4 rings (SSSR count). The Labute approximate surface area is 165 Å². The van der Waals surface area contributed by atoms with Crippen LogP contribution >= 0.6 is 0 Å². The van der Waals surface area contributed by atoms with E-state index in [4.69, 9.17) is 9.15 Å². The predicted molar refractivity (Wildman–Crippen MR) is 105 cm³/mol. The highest BCUT2D eigenvalue weighted by Gasteiger charge is 2.48. The molecule has 0 saturated heterocycles. The zero-order valence-electron chi connectivity index (χ0n) is 16.9. The van der Waals surface area contributed by atoms with E-state index in [1.807, 2.05) is 17.6 Å². The average Bonchev–Trinajstić information content (AvgIpc) is 3.26. The van der Waals surface area contributed by atoms with Crippen LogP contribution < -0.4 is 5.32 Å². The lowest BCUT2D eigenvalue weighted by Gasteiger charge is -2.44. The topological polar surface area (TPSA) is 76.7 Å². The maximum atomic E-state index is 13.4. The van der Waals surface area contributed by atoms with Crippen molar-refractivity contribution in [3.05, 3.63) is 24.1 Å². The molecule has 2 amide bonds. The highest BCUT2D eigenvalue weighted by atomic mass is 16.5. The quantitative estimate of drug-likeness (QED) is 0.856. The summed E-state index contributed by atoms with van der Waals surface area (Å²) in [7, 11) is 1.60. The van der Waals surface area contributed by atoms with E-state index in [9.17, 15) is 9.59 Å². The second kappa shape index (κ2) is 7.28. The summed E-state index contributed by atoms with van der Waals surface area (Å²) in [6, 6.07) is 3.79. The van der Waals surface area contributed by atoms with E-state index in [1.54, 1.807) is 24.3 Å². The van der Waals surface area contributed by atoms with E-state index in [0.29, 0.717) is 31.0 Å². The molecule has 152 valence electrons. The molecule has 1 saturated carbocycles. The maximum absolute atomic E-state index is 13.4. The number of aromatic nitrogens is 1. The number of carbonyl (C=O) groups is 2. The molecule has 1 aliphatic heterocycles. The molecule has 28 heavy (non-hydrogen) atoms. The van der Waals surface area contributed by atoms with Crippen molar-refractivity contribution < 1.29 is 18.7 Å². The maximum Gasteiger partial charge on any atom is 0.271 e. The number of furan rings is 1. The second-order valence-corrected chi connectivity index (χ2v) is 8.44. The molecule has 0 radical (unpaired) electrons. The number of rotatable bonds is 5. The number of methoxy groups -OCH3 is 1. The summed E-state index contributed by atoms with van der Waals surface area (Å²) in [6.45, 7) is 5.27. The largest absolute Gasteiger partial charge is 0.463 e. The summed E-state index contributed by atoms with van der Waals surface area (Å²) in [5.74, 6) is 0.465. The fourth-order valence-electron chi connectivity index (χ4n) is 4.55. The van der Waals surface area contributed by atoms with Gasteiger partial charge in [0.05, 0.1) is 24.9 Å². The third kappa shape index (κ3) is 3.11. The number of nitrogens with zero attached hydrogens (tertiary/aromatic N) is 2. The van der Waals surface area contributed by atoms with Crippen molar-refractivity contribution >= 4 is 22.9 Å². The normalized spacial score (nSPS) is 27.8. The monoisotopic (exact) mass is 387 g/mol. The summed E-state index contributed by atoms with van der Waals surface area (Å²) in [5.41, 5.74) is 1.10. The van der Waals surface area contributed by atoms with Gasteiger partial charge in [0.15, 0.2) is 5.58 Å². The molecule has 1 N–H and O–H groups in total. The third-order valence-electron chi connectivity index (χ3n) is 6.41. The van der Waals surface area contributed by atoms with Gasteiger partial charge in [0, 0.05) is 31.8 Å². The Morgan fingerprint density at radius 2 is 2.11 bits per heavy atom. The van der Waals surface area contributed by atoms with E-state index in [-0.39, 0.29) is 17.9 Å². The Balaban J connectivity index is 1.64. The van der Waals surface area contributed by atoms with Crippen molar-refractivity contribution in [1.82, 2.24) is 14.8 Å². The van der Waals surface area contributed by atoms with Gasteiger partial charge in [-0.3, -0.25) is 9.59 Å². The summed E-state index contributed by atoms with van der Waals surface area (Å²) in [5, 5.41) is 3.23. The van der Waals surface area contributed by atoms with Gasteiger partial charge >= 0.3 is 0 Å². The van der Waals surface area contributed by atoms with E-state index in [0.717, 1.165) is 37.1 Å². The first-order chi connectivity index (χ1) is 13.4. The average molecular weight is 387 g/mol. The van der Waals surface area contributed by atoms with Crippen LogP contribution in [0.5, 0.6) is 0 Å². The molecule has 0 bridgehead atoms. The van der Waals surface area contributed by atoms with Crippen LogP contribution in [0, 0.1) is 5.92 Å². The molecule has 2 aromatic heterocycles. The summed E-state index contributed by atoms with van der Waals surface area (Å²) in [6.07, 6.45) is 5.86. The van der Waals surface area contributed by atoms with Crippen molar-refractivity contribution in [3.63, 3.8) is 0 Å². The number of hydrogen-bond acceptors (Lipinski definition) is 4. The second-order valence-electron chi connectivity index (χ2n) is 8.44. The van der Waals surface area contributed by atoms with E-state index in [2.05, 4.69) is 12.2 Å². The zero-order valence-corrected chi connectivity index (χ0v) is 16.9. The minimum atomic E-state index is -0.977. The number of amides is 2. The predicted octanol–water partition coefficient (Wildman–Crippen LogP) is 2.79. The lowest BCUT2D eigenvalue weighted by atomic mass is 9.86. The van der Waals surface area contributed by atoms with Gasteiger partial charge in [-0.1, -0.05) is 6.92 Å². The SMILES string of the molecule is COCCN1C(=O)c2cc3occc3n2C[C@]1(C)C(=O)NC1CCC(C)CC1. The lowest BCUT2D eigenvalue weighted by molar-refractivity contribution is -0.134. The van der Waals surface area contributed by atoms with Crippen LogP contribution in [0.15, 0.2) is 22.8 Å². The van der Waals surface area contributed by atoms with Crippen LogP contribution in [-0.2, 0) is 16.1 Å². The smallest absolute Gasteiger partial charge is 0.271 e. The molecule has 1 aliphatic carbocycles. The van der Waals surface area contributed by atoms with Crippen molar-refractivity contribution in [2.45, 2.75) is 57.7 Å². The Morgan fingerprint density at radius 3 is 2.82 bits per heavy atom. The Morgan fingerprint density at radius 1 is 1.36 bits per heavy atom. The van der Waals surface area contributed by atoms with E-state index in [1.165, 1.54) is 0 Å². The van der Waals surface area contributed by atoms with Crippen molar-refractivity contribution in [2.75, 3.05) is 20.3 Å². The van der Waals surface area contributed by atoms with Crippen LogP contribution in [0.1, 0.15) is 50.0 Å².